The zero-order valence-corrected chi connectivity index (χ0v) is 12.8. The van der Waals surface area contributed by atoms with E-state index in [4.69, 9.17) is 11.6 Å². The predicted octanol–water partition coefficient (Wildman–Crippen LogP) is 3.56. The van der Waals surface area contributed by atoms with Crippen molar-refractivity contribution in [3.8, 4) is 0 Å². The lowest BCUT2D eigenvalue weighted by Crippen LogP contribution is -2.28. The molecule has 22 heavy (non-hydrogen) atoms. The van der Waals surface area contributed by atoms with Crippen LogP contribution in [0.15, 0.2) is 48.5 Å². The summed E-state index contributed by atoms with van der Waals surface area (Å²) in [5.74, 6) is -0.170. The lowest BCUT2D eigenvalue weighted by Gasteiger charge is -2.17. The average molecular weight is 319 g/mol. The van der Waals surface area contributed by atoms with Crippen LogP contribution in [0.2, 0.25) is 5.02 Å². The van der Waals surface area contributed by atoms with Crippen LogP contribution in [-0.4, -0.2) is 29.3 Å². The number of benzene rings is 2. The highest BCUT2D eigenvalue weighted by Crippen LogP contribution is 2.14. The zero-order valence-electron chi connectivity index (χ0n) is 12.0. The maximum absolute atomic E-state index is 12.2. The Kier molecular flexibility index (Phi) is 5.12. The van der Waals surface area contributed by atoms with E-state index in [2.05, 4.69) is 0 Å². The lowest BCUT2D eigenvalue weighted by molar-refractivity contribution is -0.384. The van der Waals surface area contributed by atoms with Crippen molar-refractivity contribution in [2.24, 2.45) is 0 Å². The van der Waals surface area contributed by atoms with E-state index in [0.29, 0.717) is 23.6 Å². The molecule has 0 aliphatic heterocycles. The van der Waals surface area contributed by atoms with Crippen molar-refractivity contribution in [3.63, 3.8) is 0 Å². The number of amides is 1. The second-order valence-corrected chi connectivity index (χ2v) is 5.35. The molecular formula is C16H15ClN2O3. The first-order valence-electron chi connectivity index (χ1n) is 6.72. The van der Waals surface area contributed by atoms with Gasteiger partial charge in [-0.1, -0.05) is 23.7 Å². The third-order valence-electron chi connectivity index (χ3n) is 3.30. The molecule has 114 valence electrons. The molecule has 2 rings (SSSR count). The van der Waals surface area contributed by atoms with Crippen molar-refractivity contribution in [1.82, 2.24) is 4.90 Å². The highest BCUT2D eigenvalue weighted by Gasteiger charge is 2.13. The predicted molar refractivity (Wildman–Crippen MR) is 85.2 cm³/mol. The molecule has 0 unspecified atom stereocenters. The SMILES string of the molecule is CN(CCc1cccc(Cl)c1)C(=O)c1ccc([N+](=O)[O-])cc1. The summed E-state index contributed by atoms with van der Waals surface area (Å²) >= 11 is 5.92. The van der Waals surface area contributed by atoms with Crippen LogP contribution in [0, 0.1) is 10.1 Å². The summed E-state index contributed by atoms with van der Waals surface area (Å²) in [5, 5.41) is 11.3. The Morgan fingerprint density at radius 3 is 2.50 bits per heavy atom. The molecule has 0 aliphatic carbocycles. The Balaban J connectivity index is 1.98. The standard InChI is InChI=1S/C16H15ClN2O3/c1-18(10-9-12-3-2-4-14(17)11-12)16(20)13-5-7-15(8-6-13)19(21)22/h2-8,11H,9-10H2,1H3. The second kappa shape index (κ2) is 7.04. The van der Waals surface area contributed by atoms with E-state index in [1.165, 1.54) is 24.3 Å². The van der Waals surface area contributed by atoms with E-state index in [-0.39, 0.29) is 11.6 Å². The van der Waals surface area contributed by atoms with Crippen LogP contribution in [0.25, 0.3) is 0 Å². The molecule has 2 aromatic rings. The smallest absolute Gasteiger partial charge is 0.269 e. The van der Waals surface area contributed by atoms with Crippen molar-refractivity contribution in [1.29, 1.82) is 0 Å². The molecule has 5 nitrogen and oxygen atoms in total. The Morgan fingerprint density at radius 2 is 1.91 bits per heavy atom. The first kappa shape index (κ1) is 16.0. The average Bonchev–Trinajstić information content (AvgIpc) is 2.52. The van der Waals surface area contributed by atoms with Gasteiger partial charge in [0.25, 0.3) is 11.6 Å². The van der Waals surface area contributed by atoms with Gasteiger partial charge in [-0.05, 0) is 36.2 Å². The quantitative estimate of drug-likeness (QED) is 0.625. The van der Waals surface area contributed by atoms with Crippen LogP contribution in [0.1, 0.15) is 15.9 Å². The molecule has 0 atom stereocenters. The number of rotatable bonds is 5. The highest BCUT2D eigenvalue weighted by atomic mass is 35.5. The van der Waals surface area contributed by atoms with Gasteiger partial charge in [0.15, 0.2) is 0 Å². The number of carbonyl (C=O) groups excluding carboxylic acids is 1. The van der Waals surface area contributed by atoms with Crippen LogP contribution in [0.4, 0.5) is 5.69 Å². The normalized spacial score (nSPS) is 10.3. The molecule has 2 aromatic carbocycles. The first-order chi connectivity index (χ1) is 10.5. The lowest BCUT2D eigenvalue weighted by atomic mass is 10.1. The summed E-state index contributed by atoms with van der Waals surface area (Å²) < 4.78 is 0. The number of likely N-dealkylation sites (N-methyl/N-ethyl adjacent to an activating group) is 1. The minimum atomic E-state index is -0.489. The third-order valence-corrected chi connectivity index (χ3v) is 3.53. The molecule has 0 aliphatic rings. The summed E-state index contributed by atoms with van der Waals surface area (Å²) in [6.07, 6.45) is 0.690. The summed E-state index contributed by atoms with van der Waals surface area (Å²) in [4.78, 5) is 23.9. The summed E-state index contributed by atoms with van der Waals surface area (Å²) in [7, 11) is 1.70. The molecule has 0 aromatic heterocycles. The van der Waals surface area contributed by atoms with Crippen LogP contribution < -0.4 is 0 Å². The van der Waals surface area contributed by atoms with Crippen molar-refractivity contribution in [3.05, 3.63) is 74.8 Å². The van der Waals surface area contributed by atoms with E-state index >= 15 is 0 Å². The molecule has 0 bridgehead atoms. The molecule has 0 spiro atoms. The van der Waals surface area contributed by atoms with E-state index in [1.54, 1.807) is 18.0 Å². The van der Waals surface area contributed by atoms with Crippen LogP contribution in [0.3, 0.4) is 0 Å². The van der Waals surface area contributed by atoms with Gasteiger partial charge in [-0.15, -0.1) is 0 Å². The van der Waals surface area contributed by atoms with Gasteiger partial charge in [0.1, 0.15) is 0 Å². The van der Waals surface area contributed by atoms with Crippen molar-refractivity contribution in [2.45, 2.75) is 6.42 Å². The molecular weight excluding hydrogens is 304 g/mol. The van der Waals surface area contributed by atoms with Gasteiger partial charge in [-0.2, -0.15) is 0 Å². The summed E-state index contributed by atoms with van der Waals surface area (Å²) in [6.45, 7) is 0.538. The van der Waals surface area contributed by atoms with Crippen molar-refractivity contribution < 1.29 is 9.72 Å². The largest absolute Gasteiger partial charge is 0.341 e. The zero-order chi connectivity index (χ0) is 16.1. The van der Waals surface area contributed by atoms with Crippen molar-refractivity contribution >= 4 is 23.2 Å². The number of halogens is 1. The van der Waals surface area contributed by atoms with Gasteiger partial charge in [0.2, 0.25) is 0 Å². The van der Waals surface area contributed by atoms with Gasteiger partial charge >= 0.3 is 0 Å². The summed E-state index contributed by atoms with van der Waals surface area (Å²) in [6, 6.07) is 13.1. The molecule has 0 saturated carbocycles. The highest BCUT2D eigenvalue weighted by molar-refractivity contribution is 6.30. The Morgan fingerprint density at radius 1 is 1.23 bits per heavy atom. The monoisotopic (exact) mass is 318 g/mol. The molecule has 0 saturated heterocycles. The number of carbonyl (C=O) groups is 1. The molecule has 0 heterocycles. The second-order valence-electron chi connectivity index (χ2n) is 4.91. The molecule has 6 heteroatoms. The van der Waals surface area contributed by atoms with Gasteiger partial charge in [0, 0.05) is 36.3 Å². The van der Waals surface area contributed by atoms with Gasteiger partial charge in [-0.25, -0.2) is 0 Å². The first-order valence-corrected chi connectivity index (χ1v) is 7.09. The van der Waals surface area contributed by atoms with E-state index < -0.39 is 4.92 Å². The Hall–Kier alpha value is -2.40. The minimum absolute atomic E-state index is 0.0295. The number of nitro benzene ring substituents is 1. The topological polar surface area (TPSA) is 63.5 Å². The maximum Gasteiger partial charge on any atom is 0.269 e. The molecule has 0 N–H and O–H groups in total. The number of non-ortho nitro benzene ring substituents is 1. The molecule has 0 radical (unpaired) electrons. The van der Waals surface area contributed by atoms with Gasteiger partial charge in [-0.3, -0.25) is 14.9 Å². The van der Waals surface area contributed by atoms with Gasteiger partial charge < -0.3 is 4.90 Å². The number of nitro groups is 1. The van der Waals surface area contributed by atoms with Crippen LogP contribution >= 0.6 is 11.6 Å². The third kappa shape index (κ3) is 4.05. The van der Waals surface area contributed by atoms with Crippen LogP contribution in [-0.2, 0) is 6.42 Å². The van der Waals surface area contributed by atoms with Crippen LogP contribution in [0.5, 0.6) is 0 Å². The summed E-state index contributed by atoms with van der Waals surface area (Å²) in [5.41, 5.74) is 1.45. The van der Waals surface area contributed by atoms with E-state index in [1.807, 2.05) is 18.2 Å². The van der Waals surface area contributed by atoms with E-state index in [9.17, 15) is 14.9 Å². The van der Waals surface area contributed by atoms with E-state index in [0.717, 1.165) is 5.56 Å². The minimum Gasteiger partial charge on any atom is -0.341 e. The fourth-order valence-corrected chi connectivity index (χ4v) is 2.25. The Bertz CT molecular complexity index is 686. The Labute approximate surface area is 133 Å². The molecule has 1 amide bonds. The number of hydrogen-bond donors (Lipinski definition) is 0. The fraction of sp³-hybridized carbons (Fsp3) is 0.188. The number of hydrogen-bond acceptors (Lipinski definition) is 3. The number of nitrogens with zero attached hydrogens (tertiary/aromatic N) is 2. The molecule has 0 fully saturated rings. The van der Waals surface area contributed by atoms with Crippen molar-refractivity contribution in [2.75, 3.05) is 13.6 Å². The van der Waals surface area contributed by atoms with Gasteiger partial charge in [0.05, 0.1) is 4.92 Å². The fourth-order valence-electron chi connectivity index (χ4n) is 2.04. The maximum atomic E-state index is 12.2.